The molecule has 0 saturated carbocycles. The maximum Gasteiger partial charge on any atom is 0.300 e. The third-order valence-electron chi connectivity index (χ3n) is 3.78. The number of rotatable bonds is 15. The summed E-state index contributed by atoms with van der Waals surface area (Å²) in [6.07, 6.45) is 20.3. The second-order valence-electron chi connectivity index (χ2n) is 6.22. The highest BCUT2D eigenvalue weighted by Gasteiger charge is 1.93. The number of carboxylic acid groups (broad SMARTS) is 1. The second kappa shape index (κ2) is 22.7. The van der Waals surface area contributed by atoms with E-state index in [2.05, 4.69) is 12.2 Å². The average Bonchev–Trinajstić information content (AvgIpc) is 2.47. The van der Waals surface area contributed by atoms with Gasteiger partial charge in [-0.05, 0) is 20.0 Å². The van der Waals surface area contributed by atoms with E-state index >= 15 is 0 Å². The Bertz CT molecular complexity index is 188. The summed E-state index contributed by atoms with van der Waals surface area (Å²) in [7, 11) is 2.04. The number of nitrogens with one attached hydrogen (secondary N) is 1. The molecular weight excluding hydrogens is 274 g/mol. The molecular formula is C19H41NO2. The molecule has 0 fully saturated rings. The van der Waals surface area contributed by atoms with Crippen molar-refractivity contribution in [1.29, 1.82) is 0 Å². The Morgan fingerprint density at radius 1 is 0.727 bits per heavy atom. The molecule has 0 bridgehead atoms. The summed E-state index contributed by atoms with van der Waals surface area (Å²) in [6, 6.07) is 0. The van der Waals surface area contributed by atoms with Crippen molar-refractivity contribution in [3.05, 3.63) is 0 Å². The van der Waals surface area contributed by atoms with E-state index in [0.29, 0.717) is 0 Å². The van der Waals surface area contributed by atoms with Crippen molar-refractivity contribution in [2.75, 3.05) is 13.6 Å². The van der Waals surface area contributed by atoms with Gasteiger partial charge in [0.2, 0.25) is 0 Å². The van der Waals surface area contributed by atoms with Crippen molar-refractivity contribution >= 4 is 5.97 Å². The van der Waals surface area contributed by atoms with E-state index in [-0.39, 0.29) is 0 Å². The van der Waals surface area contributed by atoms with Crippen molar-refractivity contribution < 1.29 is 9.90 Å². The molecule has 0 aromatic carbocycles. The number of aliphatic carboxylic acids is 1. The third kappa shape index (κ3) is 31.7. The number of carbonyl (C=O) groups is 1. The minimum absolute atomic E-state index is 0.833. The summed E-state index contributed by atoms with van der Waals surface area (Å²) < 4.78 is 0. The Morgan fingerprint density at radius 2 is 1.00 bits per heavy atom. The molecule has 0 unspecified atom stereocenters. The smallest absolute Gasteiger partial charge is 0.300 e. The molecule has 0 aromatic rings. The summed E-state index contributed by atoms with van der Waals surface area (Å²) >= 11 is 0. The largest absolute Gasteiger partial charge is 0.481 e. The summed E-state index contributed by atoms with van der Waals surface area (Å²) in [6.45, 7) is 4.57. The highest BCUT2D eigenvalue weighted by molar-refractivity contribution is 5.62. The van der Waals surface area contributed by atoms with Crippen LogP contribution in [0.3, 0.4) is 0 Å². The first-order valence-corrected chi connectivity index (χ1v) is 9.49. The summed E-state index contributed by atoms with van der Waals surface area (Å²) in [5.74, 6) is -0.833. The van der Waals surface area contributed by atoms with Gasteiger partial charge in [0.05, 0.1) is 0 Å². The van der Waals surface area contributed by atoms with Gasteiger partial charge in [-0.3, -0.25) is 4.79 Å². The van der Waals surface area contributed by atoms with E-state index in [0.717, 1.165) is 6.92 Å². The van der Waals surface area contributed by atoms with Crippen LogP contribution < -0.4 is 5.32 Å². The van der Waals surface area contributed by atoms with Crippen molar-refractivity contribution in [3.63, 3.8) is 0 Å². The first-order chi connectivity index (χ1) is 10.6. The van der Waals surface area contributed by atoms with Gasteiger partial charge in [0, 0.05) is 6.92 Å². The van der Waals surface area contributed by atoms with Gasteiger partial charge in [-0.1, -0.05) is 90.4 Å². The molecule has 3 heteroatoms. The number of hydrogen-bond donors (Lipinski definition) is 2. The SMILES string of the molecule is CC(=O)O.CCCCCCCCCCCCCCCCNC. The lowest BCUT2D eigenvalue weighted by atomic mass is 10.0. The van der Waals surface area contributed by atoms with E-state index in [1.54, 1.807) is 0 Å². The van der Waals surface area contributed by atoms with Crippen LogP contribution in [0.2, 0.25) is 0 Å². The lowest BCUT2D eigenvalue weighted by molar-refractivity contribution is -0.134. The van der Waals surface area contributed by atoms with Crippen molar-refractivity contribution in [2.45, 2.75) is 104 Å². The van der Waals surface area contributed by atoms with Gasteiger partial charge < -0.3 is 10.4 Å². The van der Waals surface area contributed by atoms with E-state index in [4.69, 9.17) is 9.90 Å². The second-order valence-corrected chi connectivity index (χ2v) is 6.22. The molecule has 0 amide bonds. The fourth-order valence-electron chi connectivity index (χ4n) is 2.50. The first kappa shape index (κ1) is 23.7. The first-order valence-electron chi connectivity index (χ1n) is 9.49. The van der Waals surface area contributed by atoms with E-state index in [9.17, 15) is 0 Å². The molecule has 0 rings (SSSR count). The molecule has 0 saturated heterocycles. The zero-order valence-corrected chi connectivity index (χ0v) is 15.5. The van der Waals surface area contributed by atoms with Gasteiger partial charge >= 0.3 is 0 Å². The van der Waals surface area contributed by atoms with Crippen LogP contribution in [-0.2, 0) is 4.79 Å². The predicted molar refractivity (Wildman–Crippen MR) is 97.5 cm³/mol. The normalized spacial score (nSPS) is 10.1. The monoisotopic (exact) mass is 315 g/mol. The van der Waals surface area contributed by atoms with Crippen LogP contribution in [0, 0.1) is 0 Å². The summed E-state index contributed by atoms with van der Waals surface area (Å²) in [4.78, 5) is 9.00. The average molecular weight is 316 g/mol. The topological polar surface area (TPSA) is 49.3 Å². The van der Waals surface area contributed by atoms with Gasteiger partial charge in [0.15, 0.2) is 0 Å². The minimum Gasteiger partial charge on any atom is -0.481 e. The van der Waals surface area contributed by atoms with Crippen LogP contribution >= 0.6 is 0 Å². The van der Waals surface area contributed by atoms with Crippen molar-refractivity contribution in [3.8, 4) is 0 Å². The molecule has 134 valence electrons. The molecule has 2 N–H and O–H groups in total. The molecule has 0 spiro atoms. The van der Waals surface area contributed by atoms with Crippen LogP contribution in [0.15, 0.2) is 0 Å². The molecule has 22 heavy (non-hydrogen) atoms. The molecule has 0 radical (unpaired) electrons. The molecule has 0 aliphatic heterocycles. The highest BCUT2D eigenvalue weighted by Crippen LogP contribution is 2.12. The van der Waals surface area contributed by atoms with Crippen LogP contribution in [0.25, 0.3) is 0 Å². The maximum absolute atomic E-state index is 9.00. The van der Waals surface area contributed by atoms with Gasteiger partial charge in [-0.15, -0.1) is 0 Å². The zero-order chi connectivity index (χ0) is 16.9. The Kier molecular flexibility index (Phi) is 24.5. The zero-order valence-electron chi connectivity index (χ0n) is 15.5. The van der Waals surface area contributed by atoms with Gasteiger partial charge in [-0.25, -0.2) is 0 Å². The lowest BCUT2D eigenvalue weighted by Gasteiger charge is -2.03. The Labute approximate surface area is 139 Å². The molecule has 3 nitrogen and oxygen atoms in total. The lowest BCUT2D eigenvalue weighted by Crippen LogP contribution is -2.06. The number of carboxylic acids is 1. The van der Waals surface area contributed by atoms with Gasteiger partial charge in [0.1, 0.15) is 0 Å². The fourth-order valence-corrected chi connectivity index (χ4v) is 2.50. The Hall–Kier alpha value is -0.570. The molecule has 0 aromatic heterocycles. The fraction of sp³-hybridized carbons (Fsp3) is 0.947. The number of hydrogen-bond acceptors (Lipinski definition) is 2. The summed E-state index contributed by atoms with van der Waals surface area (Å²) in [5, 5.41) is 10.6. The highest BCUT2D eigenvalue weighted by atomic mass is 16.4. The molecule has 0 aliphatic rings. The van der Waals surface area contributed by atoms with Crippen molar-refractivity contribution in [2.24, 2.45) is 0 Å². The van der Waals surface area contributed by atoms with E-state index in [1.165, 1.54) is 96.4 Å². The van der Waals surface area contributed by atoms with Crippen LogP contribution in [0.5, 0.6) is 0 Å². The Balaban J connectivity index is 0. The third-order valence-corrected chi connectivity index (χ3v) is 3.78. The predicted octanol–water partition coefficient (Wildman–Crippen LogP) is 5.78. The van der Waals surface area contributed by atoms with Gasteiger partial charge in [-0.2, -0.15) is 0 Å². The molecule has 0 aliphatic carbocycles. The molecule has 0 heterocycles. The van der Waals surface area contributed by atoms with Gasteiger partial charge in [0.25, 0.3) is 5.97 Å². The molecule has 0 atom stereocenters. The van der Waals surface area contributed by atoms with E-state index < -0.39 is 5.97 Å². The maximum atomic E-state index is 9.00. The quantitative estimate of drug-likeness (QED) is 0.377. The minimum atomic E-state index is -0.833. The van der Waals surface area contributed by atoms with Crippen molar-refractivity contribution in [1.82, 2.24) is 5.32 Å². The Morgan fingerprint density at radius 3 is 1.27 bits per heavy atom. The number of unbranched alkanes of at least 4 members (excludes halogenated alkanes) is 13. The van der Waals surface area contributed by atoms with Crippen LogP contribution in [0.4, 0.5) is 0 Å². The van der Waals surface area contributed by atoms with Crippen LogP contribution in [-0.4, -0.2) is 24.7 Å². The summed E-state index contributed by atoms with van der Waals surface area (Å²) in [5.41, 5.74) is 0. The standard InChI is InChI=1S/C17H37N.C2H4O2/c1-3-4-5-6-7-8-9-10-11-12-13-14-15-16-17-18-2;1-2(3)4/h18H,3-17H2,1-2H3;1H3,(H,3,4). The van der Waals surface area contributed by atoms with E-state index in [1.807, 2.05) is 7.05 Å². The van der Waals surface area contributed by atoms with Crippen LogP contribution in [0.1, 0.15) is 104 Å².